The van der Waals surface area contributed by atoms with Crippen LogP contribution >= 0.6 is 23.5 Å². The van der Waals surface area contributed by atoms with E-state index in [0.717, 1.165) is 0 Å². The van der Waals surface area contributed by atoms with Gasteiger partial charge in [0.1, 0.15) is 5.60 Å². The molecule has 0 saturated carbocycles. The zero-order chi connectivity index (χ0) is 19.5. The van der Waals surface area contributed by atoms with Gasteiger partial charge in [-0.2, -0.15) is 0 Å². The summed E-state index contributed by atoms with van der Waals surface area (Å²) in [6.45, 7) is -0.0599. The second-order valence-electron chi connectivity index (χ2n) is 4.91. The quantitative estimate of drug-likeness (QED) is 0.183. The summed E-state index contributed by atoms with van der Waals surface area (Å²) in [5.74, 6) is 0. The van der Waals surface area contributed by atoms with Crippen LogP contribution in [0.1, 0.15) is 13.3 Å². The van der Waals surface area contributed by atoms with E-state index in [1.165, 1.54) is 6.92 Å². The lowest BCUT2D eigenvalue weighted by atomic mass is 9.98. The molecule has 1 fully saturated rings. The number of aliphatic hydroxyl groups is 1. The topological polar surface area (TPSA) is 249 Å². The molecule has 0 aliphatic carbocycles. The summed E-state index contributed by atoms with van der Waals surface area (Å²) in [5, 5.41) is 13.1. The zero-order valence-corrected chi connectivity index (χ0v) is 15.1. The van der Waals surface area contributed by atoms with E-state index in [9.17, 15) is 38.4 Å². The molecule has 1 N–H and O–H groups in total. The van der Waals surface area contributed by atoms with Crippen molar-refractivity contribution < 1.29 is 56.3 Å². The van der Waals surface area contributed by atoms with Crippen molar-refractivity contribution in [2.24, 2.45) is 5.11 Å². The zero-order valence-electron chi connectivity index (χ0n) is 12.4. The van der Waals surface area contributed by atoms with Crippen LogP contribution in [0.5, 0.6) is 0 Å². The van der Waals surface area contributed by atoms with E-state index < -0.39 is 54.4 Å². The van der Waals surface area contributed by atoms with Gasteiger partial charge in [-0.3, -0.25) is 13.4 Å². The smallest absolute Gasteiger partial charge is 0.278 e. The third-order valence-corrected chi connectivity index (χ3v) is 6.51. The second kappa shape index (κ2) is 8.12. The third kappa shape index (κ3) is 7.41. The highest BCUT2D eigenvalue weighted by Crippen LogP contribution is 2.60. The molecule has 1 aliphatic rings. The van der Waals surface area contributed by atoms with Gasteiger partial charge in [0, 0.05) is 11.3 Å². The van der Waals surface area contributed by atoms with Crippen LogP contribution in [0.15, 0.2) is 5.11 Å². The van der Waals surface area contributed by atoms with Crippen LogP contribution < -0.4 is 19.6 Å². The summed E-state index contributed by atoms with van der Waals surface area (Å²) in [6.07, 6.45) is -1.86. The summed E-state index contributed by atoms with van der Waals surface area (Å²) >= 11 is 0. The van der Waals surface area contributed by atoms with Crippen molar-refractivity contribution in [1.29, 1.82) is 0 Å². The van der Waals surface area contributed by atoms with E-state index in [1.807, 2.05) is 0 Å². The van der Waals surface area contributed by atoms with Crippen molar-refractivity contribution in [3.05, 3.63) is 10.4 Å². The number of azide groups is 1. The van der Waals surface area contributed by atoms with Crippen molar-refractivity contribution in [3.63, 3.8) is 0 Å². The normalized spacial score (nSPS) is 31.8. The van der Waals surface area contributed by atoms with Gasteiger partial charge < -0.3 is 38.5 Å². The van der Waals surface area contributed by atoms with Crippen molar-refractivity contribution in [2.75, 3.05) is 13.2 Å². The minimum atomic E-state index is -6.10. The van der Waals surface area contributed by atoms with E-state index >= 15 is 0 Å². The largest absolute Gasteiger partial charge is 0.790 e. The summed E-state index contributed by atoms with van der Waals surface area (Å²) in [4.78, 5) is 45.4. The molecule has 0 radical (unpaired) electrons. The SMILES string of the molecule is CC1CC(O)C(CN=[N+]=[N-])(COP(=O)([O-])OP(=O)([O-])OP(=O)([O-])[O-])O1. The fraction of sp³-hybridized carbons (Fsp3) is 1.00. The summed E-state index contributed by atoms with van der Waals surface area (Å²) in [5.41, 5.74) is 6.53. The molecular formula is C7H12N3O12P3-4. The van der Waals surface area contributed by atoms with Crippen molar-refractivity contribution in [1.82, 2.24) is 0 Å². The van der Waals surface area contributed by atoms with Crippen LogP contribution in [0.4, 0.5) is 0 Å². The highest BCUT2D eigenvalue weighted by molar-refractivity contribution is 7.64. The van der Waals surface area contributed by atoms with Gasteiger partial charge in [0.05, 0.1) is 33.2 Å². The number of nitrogens with zero attached hydrogens (tertiary/aromatic N) is 3. The summed E-state index contributed by atoms with van der Waals surface area (Å²) in [7, 11) is -17.9. The van der Waals surface area contributed by atoms with Crippen molar-refractivity contribution in [2.45, 2.75) is 31.2 Å². The van der Waals surface area contributed by atoms with Gasteiger partial charge in [0.2, 0.25) is 0 Å². The molecule has 25 heavy (non-hydrogen) atoms. The van der Waals surface area contributed by atoms with Gasteiger partial charge in [-0.05, 0) is 12.5 Å². The number of phosphoric acid groups is 3. The standard InChI is InChI=1S/C7H16N3O12P3/c1-5-2-6(11)7(20-5,3-9-10-8)4-19-24(15,16)22-25(17,18)21-23(12,13)14/h5-6,11H,2-4H2,1H3,(H,15,16)(H,17,18)(H2,12,13,14)/p-4. The number of aliphatic hydroxyl groups excluding tert-OH is 1. The number of phosphoric ester groups is 1. The average Bonchev–Trinajstić information content (AvgIpc) is 2.65. The summed E-state index contributed by atoms with van der Waals surface area (Å²) in [6, 6.07) is 0. The molecule has 0 amide bonds. The van der Waals surface area contributed by atoms with E-state index in [-0.39, 0.29) is 6.42 Å². The number of hydrogen-bond acceptors (Lipinski definition) is 13. The Morgan fingerprint density at radius 2 is 1.88 bits per heavy atom. The molecule has 1 rings (SSSR count). The molecule has 0 aromatic rings. The fourth-order valence-electron chi connectivity index (χ4n) is 2.00. The van der Waals surface area contributed by atoms with Gasteiger partial charge in [-0.1, -0.05) is 5.11 Å². The Bertz CT molecular complexity index is 675. The maximum Gasteiger partial charge on any atom is 0.278 e. The van der Waals surface area contributed by atoms with Gasteiger partial charge in [0.15, 0.2) is 0 Å². The van der Waals surface area contributed by atoms with E-state index in [4.69, 9.17) is 10.3 Å². The maximum atomic E-state index is 11.5. The molecule has 1 saturated heterocycles. The molecule has 1 aliphatic heterocycles. The Morgan fingerprint density at radius 1 is 1.28 bits per heavy atom. The van der Waals surface area contributed by atoms with E-state index in [1.54, 1.807) is 0 Å². The summed E-state index contributed by atoms with van der Waals surface area (Å²) < 4.78 is 48.7. The van der Waals surface area contributed by atoms with Crippen LogP contribution in [0.25, 0.3) is 10.4 Å². The molecule has 146 valence electrons. The number of rotatable bonds is 9. The number of ether oxygens (including phenoxy) is 1. The number of hydrogen-bond donors (Lipinski definition) is 1. The van der Waals surface area contributed by atoms with Crippen LogP contribution in [-0.2, 0) is 31.6 Å². The van der Waals surface area contributed by atoms with Crippen molar-refractivity contribution in [3.8, 4) is 0 Å². The van der Waals surface area contributed by atoms with Gasteiger partial charge in [-0.15, -0.1) is 0 Å². The Labute approximate surface area is 140 Å². The van der Waals surface area contributed by atoms with Crippen molar-refractivity contribution >= 4 is 23.5 Å². The molecule has 15 nitrogen and oxygen atoms in total. The third-order valence-electron chi connectivity index (χ3n) is 2.87. The van der Waals surface area contributed by atoms with Gasteiger partial charge in [0.25, 0.3) is 15.6 Å². The molecule has 5 atom stereocenters. The Hall–Kier alpha value is -0.360. The molecule has 0 aromatic heterocycles. The molecule has 0 bridgehead atoms. The Balaban J connectivity index is 2.84. The van der Waals surface area contributed by atoms with Crippen LogP contribution in [0.3, 0.4) is 0 Å². The first-order chi connectivity index (χ1) is 11.2. The first-order valence-corrected chi connectivity index (χ1v) is 10.7. The Morgan fingerprint density at radius 3 is 2.32 bits per heavy atom. The van der Waals surface area contributed by atoms with Gasteiger partial charge in [-0.25, -0.2) is 4.31 Å². The first kappa shape index (κ1) is 22.7. The molecule has 18 heteroatoms. The average molecular weight is 423 g/mol. The molecule has 0 aromatic carbocycles. The van der Waals surface area contributed by atoms with Crippen LogP contribution in [0.2, 0.25) is 0 Å². The fourth-order valence-corrected chi connectivity index (χ4v) is 4.91. The monoisotopic (exact) mass is 423 g/mol. The van der Waals surface area contributed by atoms with Crippen LogP contribution in [-0.4, -0.2) is 36.1 Å². The highest BCUT2D eigenvalue weighted by atomic mass is 31.3. The minimum absolute atomic E-state index is 0.0348. The molecular weight excluding hydrogens is 411 g/mol. The van der Waals surface area contributed by atoms with Crippen LogP contribution in [0, 0.1) is 0 Å². The second-order valence-corrected chi connectivity index (χ2v) is 9.16. The maximum absolute atomic E-state index is 11.5. The predicted molar refractivity (Wildman–Crippen MR) is 68.9 cm³/mol. The molecule has 0 spiro atoms. The lowest BCUT2D eigenvalue weighted by Crippen LogP contribution is -2.47. The molecule has 1 heterocycles. The Kier molecular flexibility index (Phi) is 7.36. The van der Waals surface area contributed by atoms with E-state index in [2.05, 4.69) is 23.2 Å². The lowest BCUT2D eigenvalue weighted by molar-refractivity contribution is -0.339. The first-order valence-electron chi connectivity index (χ1n) is 6.28. The minimum Gasteiger partial charge on any atom is -0.790 e. The molecule has 5 unspecified atom stereocenters. The van der Waals surface area contributed by atoms with E-state index in [0.29, 0.717) is 0 Å². The highest BCUT2D eigenvalue weighted by Gasteiger charge is 2.47. The lowest BCUT2D eigenvalue weighted by Gasteiger charge is -2.38. The van der Waals surface area contributed by atoms with Gasteiger partial charge >= 0.3 is 0 Å². The predicted octanol–water partition coefficient (Wildman–Crippen LogP) is -1.98.